The molecule has 0 spiro atoms. The van der Waals surface area contributed by atoms with E-state index in [0.29, 0.717) is 23.1 Å². The predicted octanol–water partition coefficient (Wildman–Crippen LogP) is 6.59. The van der Waals surface area contributed by atoms with Crippen molar-refractivity contribution in [2.24, 2.45) is 4.99 Å². The fraction of sp³-hybridized carbons (Fsp3) is 0.208. The molecule has 0 unspecified atom stereocenters. The lowest BCUT2D eigenvalue weighted by Gasteiger charge is -2.14. The summed E-state index contributed by atoms with van der Waals surface area (Å²) >= 11 is 6.48. The number of benzene rings is 3. The lowest BCUT2D eigenvalue weighted by atomic mass is 10.1. The topological polar surface area (TPSA) is 74.0 Å². The Labute approximate surface area is 186 Å². The highest BCUT2D eigenvalue weighted by molar-refractivity contribution is 6.32. The number of ether oxygens (including phenoxy) is 2. The van der Waals surface area contributed by atoms with Crippen LogP contribution in [0.15, 0.2) is 59.6 Å². The molecule has 31 heavy (non-hydrogen) atoms. The highest BCUT2D eigenvalue weighted by Gasteiger charge is 2.13. The van der Waals surface area contributed by atoms with Gasteiger partial charge in [-0.15, -0.1) is 0 Å². The third-order valence-electron chi connectivity index (χ3n) is 4.57. The Bertz CT molecular complexity index is 1110. The average molecular weight is 439 g/mol. The molecule has 0 saturated carbocycles. The lowest BCUT2D eigenvalue weighted by molar-refractivity contribution is -0.384. The maximum Gasteiger partial charge on any atom is 0.269 e. The molecular formula is C24H23ClN2O4. The van der Waals surface area contributed by atoms with Crippen molar-refractivity contribution < 1.29 is 14.4 Å². The molecule has 3 rings (SSSR count). The maximum atomic E-state index is 10.8. The molecular weight excluding hydrogens is 416 g/mol. The first kappa shape index (κ1) is 22.3. The number of non-ortho nitro benzene ring substituents is 1. The van der Waals surface area contributed by atoms with Crippen LogP contribution in [0.2, 0.25) is 5.02 Å². The van der Waals surface area contributed by atoms with Crippen LogP contribution in [0.4, 0.5) is 11.4 Å². The monoisotopic (exact) mass is 438 g/mol. The standard InChI is InChI=1S/C24H23ClN2O4/c1-4-30-23-13-19(14-26-22-10-5-16(2)11-17(22)3)12-21(25)24(23)31-15-18-6-8-20(9-7-18)27(28)29/h5-14H,4,15H2,1-3H3. The molecule has 3 aromatic carbocycles. The second-order valence-electron chi connectivity index (χ2n) is 7.02. The van der Waals surface area contributed by atoms with Gasteiger partial charge in [0.1, 0.15) is 6.61 Å². The molecule has 0 aromatic heterocycles. The van der Waals surface area contributed by atoms with E-state index in [1.54, 1.807) is 24.4 Å². The van der Waals surface area contributed by atoms with E-state index in [1.165, 1.54) is 17.7 Å². The summed E-state index contributed by atoms with van der Waals surface area (Å²) in [5, 5.41) is 11.2. The van der Waals surface area contributed by atoms with Crippen molar-refractivity contribution >= 4 is 29.2 Å². The van der Waals surface area contributed by atoms with Gasteiger partial charge in [0.25, 0.3) is 5.69 Å². The van der Waals surface area contributed by atoms with Gasteiger partial charge in [0.2, 0.25) is 0 Å². The molecule has 6 nitrogen and oxygen atoms in total. The van der Waals surface area contributed by atoms with E-state index in [1.807, 2.05) is 39.0 Å². The molecule has 0 aliphatic rings. The Morgan fingerprint density at radius 3 is 2.45 bits per heavy atom. The van der Waals surface area contributed by atoms with Crippen LogP contribution >= 0.6 is 11.6 Å². The zero-order chi connectivity index (χ0) is 22.4. The van der Waals surface area contributed by atoms with Gasteiger partial charge in [0, 0.05) is 18.3 Å². The molecule has 0 amide bonds. The Kier molecular flexibility index (Phi) is 7.26. The minimum absolute atomic E-state index is 0.0317. The second-order valence-corrected chi connectivity index (χ2v) is 7.43. The Morgan fingerprint density at radius 2 is 1.81 bits per heavy atom. The number of hydrogen-bond acceptors (Lipinski definition) is 5. The number of halogens is 1. The SMILES string of the molecule is CCOc1cc(C=Nc2ccc(C)cc2C)cc(Cl)c1OCc1ccc([N+](=O)[O-])cc1. The first-order valence-electron chi connectivity index (χ1n) is 9.81. The van der Waals surface area contributed by atoms with Crippen molar-refractivity contribution in [3.63, 3.8) is 0 Å². The molecule has 0 bridgehead atoms. The van der Waals surface area contributed by atoms with Crippen LogP contribution in [0.3, 0.4) is 0 Å². The van der Waals surface area contributed by atoms with E-state index in [2.05, 4.69) is 11.1 Å². The number of aliphatic imine (C=N–C) groups is 1. The fourth-order valence-corrected chi connectivity index (χ4v) is 3.30. The summed E-state index contributed by atoms with van der Waals surface area (Å²) in [7, 11) is 0. The molecule has 0 fully saturated rings. The van der Waals surface area contributed by atoms with Crippen molar-refractivity contribution in [3.8, 4) is 11.5 Å². The van der Waals surface area contributed by atoms with E-state index >= 15 is 0 Å². The van der Waals surface area contributed by atoms with Gasteiger partial charge >= 0.3 is 0 Å². The summed E-state index contributed by atoms with van der Waals surface area (Å²) in [6, 6.07) is 15.9. The molecule has 0 saturated heterocycles. The van der Waals surface area contributed by atoms with Gasteiger partial charge in [0.05, 0.1) is 22.2 Å². The van der Waals surface area contributed by atoms with Crippen LogP contribution in [0.1, 0.15) is 29.2 Å². The zero-order valence-corrected chi connectivity index (χ0v) is 18.3. The normalized spacial score (nSPS) is 11.0. The van der Waals surface area contributed by atoms with Gasteiger partial charge in [-0.05, 0) is 67.8 Å². The number of nitrogens with zero attached hydrogens (tertiary/aromatic N) is 2. The van der Waals surface area contributed by atoms with E-state index in [9.17, 15) is 10.1 Å². The predicted molar refractivity (Wildman–Crippen MR) is 123 cm³/mol. The molecule has 0 aliphatic heterocycles. The quantitative estimate of drug-likeness (QED) is 0.226. The highest BCUT2D eigenvalue weighted by Crippen LogP contribution is 2.37. The Morgan fingerprint density at radius 1 is 1.06 bits per heavy atom. The minimum atomic E-state index is -0.437. The number of nitro benzene ring substituents is 1. The van der Waals surface area contributed by atoms with Crippen LogP contribution in [0.25, 0.3) is 0 Å². The zero-order valence-electron chi connectivity index (χ0n) is 17.6. The average Bonchev–Trinajstić information content (AvgIpc) is 2.73. The summed E-state index contributed by atoms with van der Waals surface area (Å²) in [6.45, 7) is 6.59. The second kappa shape index (κ2) is 10.1. The van der Waals surface area contributed by atoms with Crippen LogP contribution in [0.5, 0.6) is 11.5 Å². The van der Waals surface area contributed by atoms with Crippen LogP contribution in [-0.2, 0) is 6.61 Å². The number of hydrogen-bond donors (Lipinski definition) is 0. The van der Waals surface area contributed by atoms with Crippen LogP contribution in [0, 0.1) is 24.0 Å². The lowest BCUT2D eigenvalue weighted by Crippen LogP contribution is -2.01. The smallest absolute Gasteiger partial charge is 0.269 e. The molecule has 0 N–H and O–H groups in total. The summed E-state index contributed by atoms with van der Waals surface area (Å²) in [5.41, 5.74) is 4.77. The third kappa shape index (κ3) is 5.83. The van der Waals surface area contributed by atoms with Gasteiger partial charge in [0.15, 0.2) is 11.5 Å². The van der Waals surface area contributed by atoms with E-state index in [4.69, 9.17) is 21.1 Å². The van der Waals surface area contributed by atoms with E-state index < -0.39 is 4.92 Å². The summed E-state index contributed by atoms with van der Waals surface area (Å²) < 4.78 is 11.6. The van der Waals surface area contributed by atoms with Gasteiger partial charge < -0.3 is 9.47 Å². The highest BCUT2D eigenvalue weighted by atomic mass is 35.5. The van der Waals surface area contributed by atoms with Crippen molar-refractivity contribution in [2.75, 3.05) is 6.61 Å². The minimum Gasteiger partial charge on any atom is -0.490 e. The van der Waals surface area contributed by atoms with Gasteiger partial charge in [-0.25, -0.2) is 0 Å². The first-order valence-corrected chi connectivity index (χ1v) is 10.2. The molecule has 3 aromatic rings. The largest absolute Gasteiger partial charge is 0.490 e. The number of nitro groups is 1. The maximum absolute atomic E-state index is 10.8. The van der Waals surface area contributed by atoms with Crippen LogP contribution in [-0.4, -0.2) is 17.7 Å². The molecule has 0 atom stereocenters. The van der Waals surface area contributed by atoms with Crippen molar-refractivity contribution in [1.82, 2.24) is 0 Å². The Hall–Kier alpha value is -3.38. The summed E-state index contributed by atoms with van der Waals surface area (Å²) in [5.74, 6) is 0.935. The van der Waals surface area contributed by atoms with E-state index in [-0.39, 0.29) is 12.3 Å². The Balaban J connectivity index is 1.81. The van der Waals surface area contributed by atoms with Crippen molar-refractivity contribution in [3.05, 3.63) is 92.0 Å². The molecule has 0 aliphatic carbocycles. The van der Waals surface area contributed by atoms with Crippen molar-refractivity contribution in [2.45, 2.75) is 27.4 Å². The third-order valence-corrected chi connectivity index (χ3v) is 4.85. The molecule has 0 heterocycles. The first-order chi connectivity index (χ1) is 14.9. The molecule has 0 radical (unpaired) electrons. The number of aryl methyl sites for hydroxylation is 2. The fourth-order valence-electron chi connectivity index (χ4n) is 3.03. The van der Waals surface area contributed by atoms with E-state index in [0.717, 1.165) is 22.4 Å². The summed E-state index contributed by atoms with van der Waals surface area (Å²) in [4.78, 5) is 14.9. The van der Waals surface area contributed by atoms with Crippen LogP contribution < -0.4 is 9.47 Å². The van der Waals surface area contributed by atoms with Crippen molar-refractivity contribution in [1.29, 1.82) is 0 Å². The summed E-state index contributed by atoms with van der Waals surface area (Å²) in [6.07, 6.45) is 1.74. The molecule has 160 valence electrons. The number of rotatable bonds is 8. The van der Waals surface area contributed by atoms with Gasteiger partial charge in [-0.3, -0.25) is 15.1 Å². The van der Waals surface area contributed by atoms with Gasteiger partial charge in [-0.1, -0.05) is 29.3 Å². The van der Waals surface area contributed by atoms with Gasteiger partial charge in [-0.2, -0.15) is 0 Å². The molecule has 7 heteroatoms.